The van der Waals surface area contributed by atoms with E-state index in [1.807, 2.05) is 13.8 Å². The molecule has 1 N–H and O–H groups in total. The molecule has 0 saturated carbocycles. The third kappa shape index (κ3) is 3.84. The zero-order valence-corrected chi connectivity index (χ0v) is 14.2. The highest BCUT2D eigenvalue weighted by Crippen LogP contribution is 2.31. The minimum absolute atomic E-state index is 0.0685. The van der Waals surface area contributed by atoms with Crippen molar-refractivity contribution in [1.29, 1.82) is 0 Å². The lowest BCUT2D eigenvalue weighted by Crippen LogP contribution is -2.42. The minimum Gasteiger partial charge on any atom is -0.456 e. The lowest BCUT2D eigenvalue weighted by Gasteiger charge is -2.36. The molecule has 1 heterocycles. The van der Waals surface area contributed by atoms with Crippen molar-refractivity contribution in [3.8, 4) is 0 Å². The Balaban J connectivity index is 2.12. The monoisotopic (exact) mass is 370 g/mol. The third-order valence-corrected chi connectivity index (χ3v) is 4.72. The van der Waals surface area contributed by atoms with Crippen molar-refractivity contribution >= 4 is 27.6 Å². The first-order chi connectivity index (χ1) is 10.3. The smallest absolute Gasteiger partial charge is 0.339 e. The lowest BCUT2D eigenvalue weighted by atomic mass is 9.83. The van der Waals surface area contributed by atoms with E-state index in [2.05, 4.69) is 21.2 Å². The molecule has 120 valence electrons. The van der Waals surface area contributed by atoms with E-state index in [-0.39, 0.29) is 5.69 Å². The first kappa shape index (κ1) is 16.9. The van der Waals surface area contributed by atoms with Crippen molar-refractivity contribution in [2.75, 3.05) is 13.1 Å². The van der Waals surface area contributed by atoms with Gasteiger partial charge in [-0.05, 0) is 61.8 Å². The molecule has 6 nitrogen and oxygen atoms in total. The number of esters is 1. The van der Waals surface area contributed by atoms with Crippen LogP contribution in [0.2, 0.25) is 0 Å². The SMILES string of the molecule is CC(C)(OC(=O)c1ccc([N+](=O)[O-])cc1Br)C1CCNCC1. The number of nitro benzene ring substituents is 1. The molecule has 1 fully saturated rings. The van der Waals surface area contributed by atoms with Crippen LogP contribution in [0.4, 0.5) is 5.69 Å². The minimum atomic E-state index is -0.569. The number of hydrogen-bond donors (Lipinski definition) is 1. The Morgan fingerprint density at radius 1 is 1.41 bits per heavy atom. The van der Waals surface area contributed by atoms with Crippen LogP contribution in [0.15, 0.2) is 22.7 Å². The second kappa shape index (κ2) is 6.75. The largest absolute Gasteiger partial charge is 0.456 e. The lowest BCUT2D eigenvalue weighted by molar-refractivity contribution is -0.384. The molecule has 0 atom stereocenters. The fourth-order valence-corrected chi connectivity index (χ4v) is 3.21. The fourth-order valence-electron chi connectivity index (χ4n) is 2.68. The maximum absolute atomic E-state index is 12.4. The highest BCUT2D eigenvalue weighted by atomic mass is 79.9. The van der Waals surface area contributed by atoms with Crippen molar-refractivity contribution in [3.63, 3.8) is 0 Å². The molecule has 0 unspecified atom stereocenters. The van der Waals surface area contributed by atoms with Gasteiger partial charge in [0, 0.05) is 22.5 Å². The first-order valence-electron chi connectivity index (χ1n) is 7.19. The van der Waals surface area contributed by atoms with Crippen LogP contribution in [0.25, 0.3) is 0 Å². The van der Waals surface area contributed by atoms with Gasteiger partial charge >= 0.3 is 5.97 Å². The van der Waals surface area contributed by atoms with Crippen molar-refractivity contribution in [1.82, 2.24) is 5.32 Å². The first-order valence-corrected chi connectivity index (χ1v) is 7.98. The van der Waals surface area contributed by atoms with Gasteiger partial charge in [0.05, 0.1) is 10.5 Å². The molecule has 1 aromatic carbocycles. The molecule has 1 aliphatic rings. The van der Waals surface area contributed by atoms with Crippen molar-refractivity contribution in [2.45, 2.75) is 32.3 Å². The van der Waals surface area contributed by atoms with Gasteiger partial charge in [0.2, 0.25) is 0 Å². The highest BCUT2D eigenvalue weighted by molar-refractivity contribution is 9.10. The Hall–Kier alpha value is -1.47. The van der Waals surface area contributed by atoms with Gasteiger partial charge in [-0.2, -0.15) is 0 Å². The van der Waals surface area contributed by atoms with Crippen molar-refractivity contribution < 1.29 is 14.5 Å². The molecule has 0 aromatic heterocycles. The molecule has 0 spiro atoms. The van der Waals surface area contributed by atoms with Crippen LogP contribution < -0.4 is 5.32 Å². The highest BCUT2D eigenvalue weighted by Gasteiger charge is 2.34. The van der Waals surface area contributed by atoms with Gasteiger partial charge in [0.1, 0.15) is 5.60 Å². The molecule has 0 aliphatic carbocycles. The van der Waals surface area contributed by atoms with Gasteiger partial charge in [0.25, 0.3) is 5.69 Å². The molecule has 2 rings (SSSR count). The second-order valence-corrected chi connectivity index (χ2v) is 6.79. The molecule has 7 heteroatoms. The summed E-state index contributed by atoms with van der Waals surface area (Å²) in [6.07, 6.45) is 1.92. The molecule has 1 saturated heterocycles. The van der Waals surface area contributed by atoms with Gasteiger partial charge in [0.15, 0.2) is 0 Å². The molecule has 0 bridgehead atoms. The Morgan fingerprint density at radius 2 is 2.05 bits per heavy atom. The van der Waals surface area contributed by atoms with E-state index in [1.54, 1.807) is 0 Å². The number of carbonyl (C=O) groups excluding carboxylic acids is 1. The number of rotatable bonds is 4. The van der Waals surface area contributed by atoms with E-state index in [4.69, 9.17) is 4.74 Å². The number of nitro groups is 1. The maximum Gasteiger partial charge on any atom is 0.339 e. The van der Waals surface area contributed by atoms with Crippen LogP contribution in [0.1, 0.15) is 37.0 Å². The summed E-state index contributed by atoms with van der Waals surface area (Å²) in [5.41, 5.74) is -0.339. The van der Waals surface area contributed by atoms with Gasteiger partial charge in [-0.1, -0.05) is 0 Å². The van der Waals surface area contributed by atoms with E-state index in [1.165, 1.54) is 18.2 Å². The number of nitrogens with zero attached hydrogens (tertiary/aromatic N) is 1. The summed E-state index contributed by atoms with van der Waals surface area (Å²) in [6.45, 7) is 5.68. The summed E-state index contributed by atoms with van der Waals surface area (Å²) in [7, 11) is 0. The number of non-ortho nitro benzene ring substituents is 1. The predicted octanol–water partition coefficient (Wildman–Crippen LogP) is 3.29. The molecular formula is C15H19BrN2O4. The summed E-state index contributed by atoms with van der Waals surface area (Å²) >= 11 is 3.20. The molecule has 1 aliphatic heterocycles. The van der Waals surface area contributed by atoms with Crippen LogP contribution in [0, 0.1) is 16.0 Å². The third-order valence-electron chi connectivity index (χ3n) is 4.06. The topological polar surface area (TPSA) is 81.5 Å². The summed E-state index contributed by atoms with van der Waals surface area (Å²) in [4.78, 5) is 22.6. The molecule has 1 aromatic rings. The zero-order chi connectivity index (χ0) is 16.3. The number of hydrogen-bond acceptors (Lipinski definition) is 5. The van der Waals surface area contributed by atoms with Crippen LogP contribution in [0.5, 0.6) is 0 Å². The number of ether oxygens (including phenoxy) is 1. The van der Waals surface area contributed by atoms with Crippen molar-refractivity contribution in [3.05, 3.63) is 38.3 Å². The number of halogens is 1. The summed E-state index contributed by atoms with van der Waals surface area (Å²) in [6, 6.07) is 4.04. The van der Waals surface area contributed by atoms with Crippen LogP contribution in [0.3, 0.4) is 0 Å². The quantitative estimate of drug-likeness (QED) is 0.499. The second-order valence-electron chi connectivity index (χ2n) is 5.94. The van der Waals surface area contributed by atoms with Crippen LogP contribution in [-0.2, 0) is 4.74 Å². The summed E-state index contributed by atoms with van der Waals surface area (Å²) in [5.74, 6) is -0.167. The van der Waals surface area contributed by atoms with E-state index >= 15 is 0 Å². The van der Waals surface area contributed by atoms with Gasteiger partial charge in [-0.3, -0.25) is 10.1 Å². The summed E-state index contributed by atoms with van der Waals surface area (Å²) < 4.78 is 6.05. The molecule has 22 heavy (non-hydrogen) atoms. The number of benzene rings is 1. The van der Waals surface area contributed by atoms with Gasteiger partial charge in [-0.25, -0.2) is 4.79 Å². The van der Waals surface area contributed by atoms with Crippen molar-refractivity contribution in [2.24, 2.45) is 5.92 Å². The number of carbonyl (C=O) groups is 1. The Morgan fingerprint density at radius 3 is 2.59 bits per heavy atom. The molecular weight excluding hydrogens is 352 g/mol. The van der Waals surface area contributed by atoms with E-state index in [0.29, 0.717) is 16.0 Å². The Labute approximate surface area is 137 Å². The number of nitrogens with one attached hydrogen (secondary N) is 1. The predicted molar refractivity (Wildman–Crippen MR) is 85.9 cm³/mol. The van der Waals surface area contributed by atoms with Gasteiger partial charge in [-0.15, -0.1) is 0 Å². The van der Waals surface area contributed by atoms with E-state index in [0.717, 1.165) is 25.9 Å². The standard InChI is InChI=1S/C15H19BrN2O4/c1-15(2,10-5-7-17-8-6-10)22-14(19)12-4-3-11(18(20)21)9-13(12)16/h3-4,9-10,17H,5-8H2,1-2H3. The maximum atomic E-state index is 12.4. The number of piperidine rings is 1. The molecule has 0 amide bonds. The average Bonchev–Trinajstić information content (AvgIpc) is 2.47. The summed E-state index contributed by atoms with van der Waals surface area (Å²) in [5, 5.41) is 14.0. The normalized spacial score (nSPS) is 16.3. The fraction of sp³-hybridized carbons (Fsp3) is 0.533. The van der Waals surface area contributed by atoms with Crippen LogP contribution in [-0.4, -0.2) is 29.6 Å². The Bertz CT molecular complexity index is 583. The van der Waals surface area contributed by atoms with Crippen LogP contribution >= 0.6 is 15.9 Å². The molecule has 0 radical (unpaired) electrons. The van der Waals surface area contributed by atoms with Gasteiger partial charge < -0.3 is 10.1 Å². The van der Waals surface area contributed by atoms with E-state index < -0.39 is 16.5 Å². The van der Waals surface area contributed by atoms with E-state index in [9.17, 15) is 14.9 Å². The average molecular weight is 371 g/mol. The Kier molecular flexibility index (Phi) is 5.18. The zero-order valence-electron chi connectivity index (χ0n) is 12.6.